The predicted molar refractivity (Wildman–Crippen MR) is 118 cm³/mol. The Labute approximate surface area is 198 Å². The van der Waals surface area contributed by atoms with Gasteiger partial charge in [-0.1, -0.05) is 117 Å². The van der Waals surface area contributed by atoms with Gasteiger partial charge in [0.15, 0.2) is 0 Å². The van der Waals surface area contributed by atoms with Crippen molar-refractivity contribution in [3.8, 4) is 0 Å². The van der Waals surface area contributed by atoms with Gasteiger partial charge in [0, 0.05) is 0 Å². The second-order valence-corrected chi connectivity index (χ2v) is 8.72. The molecule has 166 valence electrons. The standard InChI is InChI=1S/C18H39O4P.C4H9.Na/c1-2-3-4-5-6-7-8-9-10-11-12-13-14-15-16-17-18-22-23(19,20)21;1-3-4-2;/h2-18H2,1H3,(H2,19,20,21);1,3-4H2,2H3;/q;-1;+1. The minimum atomic E-state index is -4.26. The number of hydrogen-bond donors (Lipinski definition) is 2. The van der Waals surface area contributed by atoms with E-state index in [4.69, 9.17) is 9.79 Å². The number of phosphoric ester groups is 1. The molecule has 28 heavy (non-hydrogen) atoms. The molecule has 0 aliphatic heterocycles. The quantitative estimate of drug-likeness (QED) is 0.131. The molecule has 0 heterocycles. The molecule has 0 aliphatic carbocycles. The second kappa shape index (κ2) is 28.1. The zero-order valence-corrected chi connectivity index (χ0v) is 22.2. The number of phosphoric acid groups is 1. The van der Waals surface area contributed by atoms with E-state index in [0.29, 0.717) is 0 Å². The van der Waals surface area contributed by atoms with E-state index in [0.717, 1.165) is 25.7 Å². The van der Waals surface area contributed by atoms with E-state index in [1.54, 1.807) is 0 Å². The fourth-order valence-electron chi connectivity index (χ4n) is 2.83. The van der Waals surface area contributed by atoms with Crippen LogP contribution in [0.15, 0.2) is 0 Å². The molecule has 0 unspecified atom stereocenters. The Bertz CT molecular complexity index is 309. The van der Waals surface area contributed by atoms with Crippen LogP contribution in [0.25, 0.3) is 0 Å². The third-order valence-corrected chi connectivity index (χ3v) is 5.13. The molecular formula is C22H48NaO4P. The van der Waals surface area contributed by atoms with Crippen molar-refractivity contribution in [2.45, 2.75) is 129 Å². The molecule has 0 rings (SSSR count). The van der Waals surface area contributed by atoms with Crippen molar-refractivity contribution in [1.29, 1.82) is 0 Å². The Morgan fingerprint density at radius 2 is 0.929 bits per heavy atom. The molecule has 0 saturated heterocycles. The van der Waals surface area contributed by atoms with Crippen molar-refractivity contribution >= 4 is 7.82 Å². The van der Waals surface area contributed by atoms with Gasteiger partial charge < -0.3 is 16.7 Å². The third-order valence-electron chi connectivity index (χ3n) is 4.61. The first-order valence-electron chi connectivity index (χ1n) is 11.5. The van der Waals surface area contributed by atoms with Crippen LogP contribution in [0, 0.1) is 6.92 Å². The Kier molecular flexibility index (Phi) is 33.9. The summed E-state index contributed by atoms with van der Waals surface area (Å²) in [5.74, 6) is 0. The molecule has 0 radical (unpaired) electrons. The molecule has 0 aliphatic rings. The van der Waals surface area contributed by atoms with Gasteiger partial charge in [-0.25, -0.2) is 4.57 Å². The van der Waals surface area contributed by atoms with Gasteiger partial charge in [0.05, 0.1) is 6.61 Å². The van der Waals surface area contributed by atoms with Gasteiger partial charge in [0.25, 0.3) is 0 Å². The normalized spacial score (nSPS) is 10.9. The van der Waals surface area contributed by atoms with Crippen LogP contribution in [0.2, 0.25) is 0 Å². The molecule has 6 heteroatoms. The maximum absolute atomic E-state index is 10.5. The molecule has 0 aromatic rings. The van der Waals surface area contributed by atoms with Crippen LogP contribution >= 0.6 is 7.82 Å². The van der Waals surface area contributed by atoms with Gasteiger partial charge in [-0.05, 0) is 6.42 Å². The number of hydrogen-bond acceptors (Lipinski definition) is 2. The van der Waals surface area contributed by atoms with Crippen LogP contribution in [0.1, 0.15) is 129 Å². The first-order chi connectivity index (χ1) is 13.0. The van der Waals surface area contributed by atoms with Gasteiger partial charge in [-0.15, -0.1) is 0 Å². The van der Waals surface area contributed by atoms with Gasteiger partial charge >= 0.3 is 37.4 Å². The maximum Gasteiger partial charge on any atom is 1.00 e. The molecule has 0 amide bonds. The first-order valence-corrected chi connectivity index (χ1v) is 13.0. The van der Waals surface area contributed by atoms with Crippen LogP contribution in [-0.2, 0) is 9.09 Å². The van der Waals surface area contributed by atoms with Crippen molar-refractivity contribution in [3.63, 3.8) is 0 Å². The summed E-state index contributed by atoms with van der Waals surface area (Å²) >= 11 is 0. The smallest absolute Gasteiger partial charge is 0.343 e. The summed E-state index contributed by atoms with van der Waals surface area (Å²) in [7, 11) is -4.26. The Hall–Kier alpha value is 1.11. The van der Waals surface area contributed by atoms with E-state index in [2.05, 4.69) is 25.3 Å². The van der Waals surface area contributed by atoms with Gasteiger partial charge in [-0.3, -0.25) is 4.52 Å². The molecule has 0 bridgehead atoms. The Morgan fingerprint density at radius 1 is 0.643 bits per heavy atom. The van der Waals surface area contributed by atoms with Crippen LogP contribution in [-0.4, -0.2) is 16.4 Å². The molecule has 0 aromatic carbocycles. The molecular weight excluding hydrogens is 382 g/mol. The fourth-order valence-corrected chi connectivity index (χ4v) is 3.20. The molecule has 0 atom stereocenters. The second-order valence-electron chi connectivity index (χ2n) is 7.48. The third kappa shape index (κ3) is 37.8. The monoisotopic (exact) mass is 430 g/mol. The molecule has 4 nitrogen and oxygen atoms in total. The van der Waals surface area contributed by atoms with E-state index in [9.17, 15) is 4.57 Å². The van der Waals surface area contributed by atoms with Crippen LogP contribution in [0.5, 0.6) is 0 Å². The summed E-state index contributed by atoms with van der Waals surface area (Å²) in [5.41, 5.74) is 0. The van der Waals surface area contributed by atoms with Crippen molar-refractivity contribution < 1.29 is 48.4 Å². The summed E-state index contributed by atoms with van der Waals surface area (Å²) in [5, 5.41) is 0. The van der Waals surface area contributed by atoms with Gasteiger partial charge in [0.2, 0.25) is 0 Å². The van der Waals surface area contributed by atoms with Crippen LogP contribution < -0.4 is 29.6 Å². The summed E-state index contributed by atoms with van der Waals surface area (Å²) in [4.78, 5) is 17.1. The molecule has 0 aromatic heterocycles. The number of unbranched alkanes of at least 4 members (excludes halogenated alkanes) is 16. The Morgan fingerprint density at radius 3 is 1.18 bits per heavy atom. The first kappa shape index (κ1) is 33.7. The predicted octanol–water partition coefficient (Wildman–Crippen LogP) is 4.98. The van der Waals surface area contributed by atoms with Crippen LogP contribution in [0.4, 0.5) is 0 Å². The van der Waals surface area contributed by atoms with E-state index < -0.39 is 7.82 Å². The van der Waals surface area contributed by atoms with Crippen molar-refractivity contribution in [2.24, 2.45) is 0 Å². The summed E-state index contributed by atoms with van der Waals surface area (Å²) in [6, 6.07) is 0. The molecule has 0 fully saturated rings. The van der Waals surface area contributed by atoms with Gasteiger partial charge in [-0.2, -0.15) is 6.42 Å². The SMILES string of the molecule is CCCCCCCCCCCCCCCCCCOP(=O)(O)O.[CH2-]CCC.[Na+]. The minimum Gasteiger partial charge on any atom is -0.343 e. The Balaban J connectivity index is -0.00000113. The van der Waals surface area contributed by atoms with E-state index in [1.165, 1.54) is 89.9 Å². The molecule has 0 saturated carbocycles. The van der Waals surface area contributed by atoms with E-state index in [1.807, 2.05) is 0 Å². The van der Waals surface area contributed by atoms with Crippen molar-refractivity contribution in [1.82, 2.24) is 0 Å². The van der Waals surface area contributed by atoms with Crippen molar-refractivity contribution in [2.75, 3.05) is 6.61 Å². The average molecular weight is 431 g/mol. The topological polar surface area (TPSA) is 66.8 Å². The van der Waals surface area contributed by atoms with E-state index in [-0.39, 0.29) is 36.2 Å². The number of rotatable bonds is 19. The minimum absolute atomic E-state index is 0. The zero-order valence-electron chi connectivity index (χ0n) is 19.3. The maximum atomic E-state index is 10.5. The summed E-state index contributed by atoms with van der Waals surface area (Å²) < 4.78 is 14.9. The van der Waals surface area contributed by atoms with E-state index >= 15 is 0 Å². The summed E-state index contributed by atoms with van der Waals surface area (Å²) in [6.45, 7) is 8.16. The van der Waals surface area contributed by atoms with Crippen LogP contribution in [0.3, 0.4) is 0 Å². The fraction of sp³-hybridized carbons (Fsp3) is 0.955. The summed E-state index contributed by atoms with van der Waals surface area (Å²) in [6.07, 6.45) is 23.0. The zero-order chi connectivity index (χ0) is 20.6. The van der Waals surface area contributed by atoms with Gasteiger partial charge in [0.1, 0.15) is 0 Å². The molecule has 2 N–H and O–H groups in total. The van der Waals surface area contributed by atoms with Crippen molar-refractivity contribution in [3.05, 3.63) is 6.92 Å². The largest absolute Gasteiger partial charge is 1.00 e. The molecule has 0 spiro atoms. The average Bonchev–Trinajstić information content (AvgIpc) is 2.63.